The maximum atomic E-state index is 11.0. The molecule has 1 aromatic rings. The molecule has 0 aliphatic carbocycles. The lowest BCUT2D eigenvalue weighted by molar-refractivity contribution is -0.109. The Bertz CT molecular complexity index is 368. The van der Waals surface area contributed by atoms with E-state index < -0.39 is 0 Å². The van der Waals surface area contributed by atoms with Crippen molar-refractivity contribution in [3.05, 3.63) is 18.3 Å². The molecule has 0 bridgehead atoms. The molecule has 0 N–H and O–H groups in total. The average molecular weight is 220 g/mol. The van der Waals surface area contributed by atoms with Gasteiger partial charge in [0.25, 0.3) is 0 Å². The van der Waals surface area contributed by atoms with E-state index in [4.69, 9.17) is 4.74 Å². The van der Waals surface area contributed by atoms with Gasteiger partial charge >= 0.3 is 0 Å². The summed E-state index contributed by atoms with van der Waals surface area (Å²) in [6.45, 7) is 0.872. The zero-order valence-corrected chi connectivity index (χ0v) is 9.43. The van der Waals surface area contributed by atoms with Crippen molar-refractivity contribution in [3.63, 3.8) is 0 Å². The molecule has 0 saturated carbocycles. The molecule has 1 unspecified atom stereocenters. The summed E-state index contributed by atoms with van der Waals surface area (Å²) in [5.74, 6) is 1.51. The van der Waals surface area contributed by atoms with Gasteiger partial charge in [0.1, 0.15) is 6.29 Å². The van der Waals surface area contributed by atoms with Crippen LogP contribution >= 0.6 is 0 Å². The fraction of sp³-hybridized carbons (Fsp3) is 0.500. The van der Waals surface area contributed by atoms with Crippen LogP contribution in [-0.4, -0.2) is 31.0 Å². The van der Waals surface area contributed by atoms with Gasteiger partial charge in [-0.25, -0.2) is 4.98 Å². The van der Waals surface area contributed by atoms with Crippen molar-refractivity contribution in [1.82, 2.24) is 4.98 Å². The van der Waals surface area contributed by atoms with Crippen LogP contribution in [0.1, 0.15) is 19.3 Å². The number of anilines is 1. The van der Waals surface area contributed by atoms with Gasteiger partial charge in [0.2, 0.25) is 0 Å². The summed E-state index contributed by atoms with van der Waals surface area (Å²) in [6, 6.07) is 3.65. The van der Waals surface area contributed by atoms with Crippen molar-refractivity contribution in [2.24, 2.45) is 0 Å². The van der Waals surface area contributed by atoms with E-state index in [2.05, 4.69) is 4.98 Å². The molecule has 0 spiro atoms. The first-order chi connectivity index (χ1) is 7.86. The summed E-state index contributed by atoms with van der Waals surface area (Å²) in [5, 5.41) is 0. The molecule has 2 rings (SSSR count). The van der Waals surface area contributed by atoms with Crippen LogP contribution in [0.4, 0.5) is 5.82 Å². The van der Waals surface area contributed by atoms with Crippen LogP contribution in [-0.2, 0) is 4.79 Å². The topological polar surface area (TPSA) is 42.4 Å². The Labute approximate surface area is 95.2 Å². The molecule has 4 nitrogen and oxygen atoms in total. The maximum Gasteiger partial charge on any atom is 0.171 e. The van der Waals surface area contributed by atoms with Gasteiger partial charge < -0.3 is 14.4 Å². The smallest absolute Gasteiger partial charge is 0.171 e. The number of hydrogen-bond donors (Lipinski definition) is 0. The lowest BCUT2D eigenvalue weighted by Crippen LogP contribution is -2.41. The Morgan fingerprint density at radius 3 is 3.19 bits per heavy atom. The molecule has 1 saturated heterocycles. The molecule has 1 aliphatic heterocycles. The summed E-state index contributed by atoms with van der Waals surface area (Å²) < 4.78 is 5.27. The minimum Gasteiger partial charge on any atom is -0.493 e. The second-order valence-corrected chi connectivity index (χ2v) is 3.92. The molecular formula is C12H16N2O2. The minimum absolute atomic E-state index is 0.0578. The highest BCUT2D eigenvalue weighted by atomic mass is 16.5. The van der Waals surface area contributed by atoms with Gasteiger partial charge in [-0.05, 0) is 31.4 Å². The predicted molar refractivity (Wildman–Crippen MR) is 61.8 cm³/mol. The number of aromatic nitrogens is 1. The maximum absolute atomic E-state index is 11.0. The molecule has 0 radical (unpaired) electrons. The first kappa shape index (κ1) is 10.9. The summed E-state index contributed by atoms with van der Waals surface area (Å²) >= 11 is 0. The number of nitrogens with zero attached hydrogens (tertiary/aromatic N) is 2. The molecule has 2 heterocycles. The van der Waals surface area contributed by atoms with Crippen molar-refractivity contribution in [2.45, 2.75) is 25.3 Å². The van der Waals surface area contributed by atoms with Crippen LogP contribution in [0.5, 0.6) is 5.75 Å². The number of carbonyl (C=O) groups is 1. The van der Waals surface area contributed by atoms with Crippen LogP contribution in [0, 0.1) is 0 Å². The minimum atomic E-state index is -0.0578. The van der Waals surface area contributed by atoms with E-state index in [0.717, 1.165) is 43.7 Å². The van der Waals surface area contributed by atoms with E-state index in [9.17, 15) is 4.79 Å². The van der Waals surface area contributed by atoms with E-state index in [1.165, 1.54) is 0 Å². The first-order valence-corrected chi connectivity index (χ1v) is 5.57. The third kappa shape index (κ3) is 2.01. The Morgan fingerprint density at radius 1 is 1.56 bits per heavy atom. The van der Waals surface area contributed by atoms with E-state index in [1.54, 1.807) is 13.3 Å². The quantitative estimate of drug-likeness (QED) is 0.726. The Morgan fingerprint density at radius 2 is 2.44 bits per heavy atom. The number of methoxy groups -OCH3 is 1. The summed E-state index contributed by atoms with van der Waals surface area (Å²) in [5.41, 5.74) is 0. The Balaban J connectivity index is 2.30. The number of pyridine rings is 1. The largest absolute Gasteiger partial charge is 0.493 e. The number of piperidine rings is 1. The van der Waals surface area contributed by atoms with Gasteiger partial charge in [0, 0.05) is 12.7 Å². The normalized spacial score (nSPS) is 20.6. The van der Waals surface area contributed by atoms with Crippen molar-refractivity contribution in [2.75, 3.05) is 18.6 Å². The molecular weight excluding hydrogens is 204 g/mol. The molecule has 86 valence electrons. The number of ether oxygens (including phenoxy) is 1. The highest BCUT2D eigenvalue weighted by Gasteiger charge is 2.25. The van der Waals surface area contributed by atoms with Crippen molar-refractivity contribution in [3.8, 4) is 5.75 Å². The zero-order chi connectivity index (χ0) is 11.4. The molecule has 4 heteroatoms. The molecule has 1 aromatic heterocycles. The van der Waals surface area contributed by atoms with E-state index in [1.807, 2.05) is 17.0 Å². The number of hydrogen-bond acceptors (Lipinski definition) is 4. The average Bonchev–Trinajstić information content (AvgIpc) is 2.38. The number of carbonyl (C=O) groups excluding carboxylic acids is 1. The Kier molecular flexibility index (Phi) is 3.39. The number of aldehydes is 1. The van der Waals surface area contributed by atoms with Crippen molar-refractivity contribution in [1.29, 1.82) is 0 Å². The molecule has 1 aliphatic rings. The van der Waals surface area contributed by atoms with Gasteiger partial charge in [-0.1, -0.05) is 0 Å². The molecule has 0 aromatic carbocycles. The number of rotatable bonds is 3. The second-order valence-electron chi connectivity index (χ2n) is 3.92. The second kappa shape index (κ2) is 4.96. The summed E-state index contributed by atoms with van der Waals surface area (Å²) in [7, 11) is 1.63. The molecule has 16 heavy (non-hydrogen) atoms. The SMILES string of the molecule is COc1cccnc1N1CCCCC1C=O. The van der Waals surface area contributed by atoms with Crippen LogP contribution < -0.4 is 9.64 Å². The Hall–Kier alpha value is -1.58. The van der Waals surface area contributed by atoms with Crippen LogP contribution in [0.15, 0.2) is 18.3 Å². The third-order valence-electron chi connectivity index (χ3n) is 2.95. The first-order valence-electron chi connectivity index (χ1n) is 5.57. The van der Waals surface area contributed by atoms with Crippen LogP contribution in [0.2, 0.25) is 0 Å². The summed E-state index contributed by atoms with van der Waals surface area (Å²) in [6.07, 6.45) is 5.85. The van der Waals surface area contributed by atoms with Crippen LogP contribution in [0.25, 0.3) is 0 Å². The highest BCUT2D eigenvalue weighted by Crippen LogP contribution is 2.29. The van der Waals surface area contributed by atoms with Crippen molar-refractivity contribution >= 4 is 12.1 Å². The fourth-order valence-corrected chi connectivity index (χ4v) is 2.12. The molecule has 1 fully saturated rings. The predicted octanol–water partition coefficient (Wildman–Crippen LogP) is 1.65. The van der Waals surface area contributed by atoms with Crippen molar-refractivity contribution < 1.29 is 9.53 Å². The van der Waals surface area contributed by atoms with Gasteiger partial charge in [-0.2, -0.15) is 0 Å². The van der Waals surface area contributed by atoms with E-state index >= 15 is 0 Å². The molecule has 1 atom stereocenters. The standard InChI is InChI=1S/C12H16N2O2/c1-16-11-6-4-7-13-12(11)14-8-3-2-5-10(14)9-15/h4,6-7,9-10H,2-3,5,8H2,1H3. The van der Waals surface area contributed by atoms with Gasteiger partial charge in [-0.15, -0.1) is 0 Å². The van der Waals surface area contributed by atoms with Crippen LogP contribution in [0.3, 0.4) is 0 Å². The van der Waals surface area contributed by atoms with E-state index in [0.29, 0.717) is 0 Å². The van der Waals surface area contributed by atoms with E-state index in [-0.39, 0.29) is 6.04 Å². The van der Waals surface area contributed by atoms with Gasteiger partial charge in [0.15, 0.2) is 11.6 Å². The summed E-state index contributed by atoms with van der Waals surface area (Å²) in [4.78, 5) is 17.4. The zero-order valence-electron chi connectivity index (χ0n) is 9.43. The van der Waals surface area contributed by atoms with Gasteiger partial charge in [0.05, 0.1) is 13.2 Å². The fourth-order valence-electron chi connectivity index (χ4n) is 2.12. The highest BCUT2D eigenvalue weighted by molar-refractivity contribution is 5.67. The third-order valence-corrected chi connectivity index (χ3v) is 2.95. The molecule has 0 amide bonds. The lowest BCUT2D eigenvalue weighted by Gasteiger charge is -2.33. The monoisotopic (exact) mass is 220 g/mol. The lowest BCUT2D eigenvalue weighted by atomic mass is 10.0. The van der Waals surface area contributed by atoms with Gasteiger partial charge in [-0.3, -0.25) is 0 Å².